The fourth-order valence-electron chi connectivity index (χ4n) is 3.59. The fourth-order valence-corrected chi connectivity index (χ4v) is 5.60. The molecule has 2 fully saturated rings. The maximum Gasteiger partial charge on any atom is 0.410 e. The molecule has 2 saturated heterocycles. The number of carbonyl (C=O) groups is 1. The van der Waals surface area contributed by atoms with Gasteiger partial charge in [-0.15, -0.1) is 0 Å². The van der Waals surface area contributed by atoms with Crippen LogP contribution in [0.15, 0.2) is 30.3 Å². The van der Waals surface area contributed by atoms with E-state index in [1.165, 1.54) is 0 Å². The Bertz CT molecular complexity index is 727. The predicted molar refractivity (Wildman–Crippen MR) is 96.0 cm³/mol. The summed E-state index contributed by atoms with van der Waals surface area (Å²) in [5, 5.41) is 0. The first kappa shape index (κ1) is 18.2. The van der Waals surface area contributed by atoms with Crippen LogP contribution in [-0.4, -0.2) is 66.6 Å². The topological polar surface area (TPSA) is 66.9 Å². The highest BCUT2D eigenvalue weighted by atomic mass is 32.2. The molecule has 7 heteroatoms. The molecule has 2 aliphatic rings. The van der Waals surface area contributed by atoms with E-state index in [1.54, 1.807) is 4.90 Å². The highest BCUT2D eigenvalue weighted by molar-refractivity contribution is 7.91. The Morgan fingerprint density at radius 2 is 1.76 bits per heavy atom. The van der Waals surface area contributed by atoms with Crippen molar-refractivity contribution in [1.29, 1.82) is 0 Å². The van der Waals surface area contributed by atoms with Gasteiger partial charge < -0.3 is 9.64 Å². The summed E-state index contributed by atoms with van der Waals surface area (Å²) in [7, 11) is -3.16. The number of piperazine rings is 1. The van der Waals surface area contributed by atoms with Crippen LogP contribution < -0.4 is 0 Å². The van der Waals surface area contributed by atoms with Crippen LogP contribution in [0.2, 0.25) is 0 Å². The molecule has 0 aromatic heterocycles. The summed E-state index contributed by atoms with van der Waals surface area (Å²) in [5.74, 6) is 0.117. The van der Waals surface area contributed by atoms with Crippen molar-refractivity contribution in [1.82, 2.24) is 9.80 Å². The number of amides is 1. The third kappa shape index (κ3) is 4.33. The number of carbonyl (C=O) groups excluding carboxylic acids is 1. The number of benzene rings is 1. The molecule has 25 heavy (non-hydrogen) atoms. The highest BCUT2D eigenvalue weighted by Crippen LogP contribution is 2.29. The summed E-state index contributed by atoms with van der Waals surface area (Å²) >= 11 is 0. The Balaban J connectivity index is 1.79. The van der Waals surface area contributed by atoms with Crippen LogP contribution in [0.25, 0.3) is 0 Å². The molecule has 0 aliphatic carbocycles. The zero-order valence-electron chi connectivity index (χ0n) is 15.0. The fraction of sp³-hybridized carbons (Fsp3) is 0.611. The number of hydrogen-bond donors (Lipinski definition) is 0. The maximum atomic E-state index is 12.5. The summed E-state index contributed by atoms with van der Waals surface area (Å²) in [5.41, 5.74) is 0.557. The third-order valence-corrected chi connectivity index (χ3v) is 6.35. The zero-order valence-corrected chi connectivity index (χ0v) is 15.8. The average molecular weight is 366 g/mol. The Labute approximate surface area is 149 Å². The van der Waals surface area contributed by atoms with Gasteiger partial charge in [0.15, 0.2) is 9.84 Å². The summed E-state index contributed by atoms with van der Waals surface area (Å²) in [4.78, 5) is 16.3. The average Bonchev–Trinajstić information content (AvgIpc) is 2.82. The van der Waals surface area contributed by atoms with Crippen molar-refractivity contribution in [2.75, 3.05) is 24.6 Å². The van der Waals surface area contributed by atoms with Crippen LogP contribution in [0.3, 0.4) is 0 Å². The number of hydrogen-bond acceptors (Lipinski definition) is 5. The van der Waals surface area contributed by atoms with Gasteiger partial charge in [-0.25, -0.2) is 13.2 Å². The van der Waals surface area contributed by atoms with Gasteiger partial charge in [-0.1, -0.05) is 30.3 Å². The Morgan fingerprint density at radius 1 is 1.12 bits per heavy atom. The standard InChI is InChI=1S/C18H26N2O4S/c1-18(2,3)24-17(21)20-10-9-19(11-14-7-5-4-6-8-14)15-12-25(22,23)13-16(15)20/h4-8,15-16H,9-13H2,1-3H3/t15-,16-/m0/s1. The van der Waals surface area contributed by atoms with Gasteiger partial charge in [-0.3, -0.25) is 4.90 Å². The molecule has 0 N–H and O–H groups in total. The van der Waals surface area contributed by atoms with Gasteiger partial charge in [0.25, 0.3) is 0 Å². The van der Waals surface area contributed by atoms with E-state index in [9.17, 15) is 13.2 Å². The molecule has 3 rings (SSSR count). The first-order chi connectivity index (χ1) is 11.6. The summed E-state index contributed by atoms with van der Waals surface area (Å²) in [6.45, 7) is 7.28. The largest absolute Gasteiger partial charge is 0.444 e. The van der Waals surface area contributed by atoms with Gasteiger partial charge in [0.2, 0.25) is 0 Å². The lowest BCUT2D eigenvalue weighted by Gasteiger charge is -2.44. The zero-order chi connectivity index (χ0) is 18.2. The Kier molecular flexibility index (Phi) is 4.81. The second-order valence-corrected chi connectivity index (χ2v) is 10.00. The summed E-state index contributed by atoms with van der Waals surface area (Å²) in [6.07, 6.45) is -0.418. The lowest BCUT2D eigenvalue weighted by Crippen LogP contribution is -2.60. The minimum atomic E-state index is -3.16. The van der Waals surface area contributed by atoms with Gasteiger partial charge in [-0.05, 0) is 26.3 Å². The normalized spacial score (nSPS) is 26.3. The van der Waals surface area contributed by atoms with Crippen molar-refractivity contribution in [2.45, 2.75) is 45.0 Å². The quantitative estimate of drug-likeness (QED) is 0.800. The van der Waals surface area contributed by atoms with E-state index in [2.05, 4.69) is 4.90 Å². The van der Waals surface area contributed by atoms with E-state index in [4.69, 9.17) is 4.74 Å². The minimum Gasteiger partial charge on any atom is -0.444 e. The van der Waals surface area contributed by atoms with Crippen LogP contribution in [-0.2, 0) is 21.1 Å². The molecular formula is C18H26N2O4S. The third-order valence-electron chi connectivity index (χ3n) is 4.65. The minimum absolute atomic E-state index is 0.0161. The van der Waals surface area contributed by atoms with Crippen LogP contribution in [0, 0.1) is 0 Å². The van der Waals surface area contributed by atoms with Crippen molar-refractivity contribution in [3.8, 4) is 0 Å². The Hall–Kier alpha value is -1.60. The monoisotopic (exact) mass is 366 g/mol. The molecule has 138 valence electrons. The molecular weight excluding hydrogens is 340 g/mol. The summed E-state index contributed by atoms with van der Waals surface area (Å²) < 4.78 is 30.0. The molecule has 0 bridgehead atoms. The number of fused-ring (bicyclic) bond motifs is 1. The van der Waals surface area contributed by atoms with Crippen molar-refractivity contribution in [2.24, 2.45) is 0 Å². The molecule has 6 nitrogen and oxygen atoms in total. The van der Waals surface area contributed by atoms with Gasteiger partial charge in [0, 0.05) is 25.7 Å². The van der Waals surface area contributed by atoms with Gasteiger partial charge in [0.05, 0.1) is 17.5 Å². The van der Waals surface area contributed by atoms with E-state index in [1.807, 2.05) is 51.1 Å². The molecule has 0 radical (unpaired) electrons. The molecule has 1 aromatic rings. The van der Waals surface area contributed by atoms with Gasteiger partial charge in [-0.2, -0.15) is 0 Å². The van der Waals surface area contributed by atoms with Crippen molar-refractivity contribution < 1.29 is 17.9 Å². The first-order valence-corrected chi connectivity index (χ1v) is 10.4. The summed E-state index contributed by atoms with van der Waals surface area (Å²) in [6, 6.07) is 9.50. The van der Waals surface area contributed by atoms with Crippen molar-refractivity contribution in [3.05, 3.63) is 35.9 Å². The second kappa shape index (κ2) is 6.61. The molecule has 1 aromatic carbocycles. The molecule has 1 amide bonds. The van der Waals surface area contributed by atoms with Crippen LogP contribution in [0.5, 0.6) is 0 Å². The smallest absolute Gasteiger partial charge is 0.410 e. The van der Waals surface area contributed by atoms with Crippen LogP contribution in [0.4, 0.5) is 4.79 Å². The number of ether oxygens (including phenoxy) is 1. The van der Waals surface area contributed by atoms with E-state index < -0.39 is 21.5 Å². The molecule has 0 spiro atoms. The molecule has 2 heterocycles. The molecule has 2 atom stereocenters. The molecule has 0 saturated carbocycles. The lowest BCUT2D eigenvalue weighted by molar-refractivity contribution is -0.0105. The van der Waals surface area contributed by atoms with E-state index in [0.29, 0.717) is 19.6 Å². The van der Waals surface area contributed by atoms with Gasteiger partial charge in [0.1, 0.15) is 5.60 Å². The first-order valence-electron chi connectivity index (χ1n) is 8.63. The molecule has 2 aliphatic heterocycles. The number of rotatable bonds is 2. The van der Waals surface area contributed by atoms with Crippen LogP contribution in [0.1, 0.15) is 26.3 Å². The number of nitrogens with zero attached hydrogens (tertiary/aromatic N) is 2. The van der Waals surface area contributed by atoms with E-state index in [-0.39, 0.29) is 23.6 Å². The number of sulfone groups is 1. The second-order valence-electron chi connectivity index (χ2n) is 7.84. The van der Waals surface area contributed by atoms with Crippen molar-refractivity contribution in [3.63, 3.8) is 0 Å². The highest BCUT2D eigenvalue weighted by Gasteiger charge is 2.48. The van der Waals surface area contributed by atoms with Gasteiger partial charge >= 0.3 is 6.09 Å². The SMILES string of the molecule is CC(C)(C)OC(=O)N1CCN(Cc2ccccc2)[C@H]2CS(=O)(=O)C[C@@H]21. The van der Waals surface area contributed by atoms with Crippen molar-refractivity contribution >= 4 is 15.9 Å². The maximum absolute atomic E-state index is 12.5. The van der Waals surface area contributed by atoms with E-state index >= 15 is 0 Å². The van der Waals surface area contributed by atoms with Crippen LogP contribution >= 0.6 is 0 Å². The van der Waals surface area contributed by atoms with E-state index in [0.717, 1.165) is 5.56 Å². The lowest BCUT2D eigenvalue weighted by atomic mass is 10.0. The molecule has 0 unspecified atom stereocenters. The predicted octanol–water partition coefficient (Wildman–Crippen LogP) is 1.90. The Morgan fingerprint density at radius 3 is 2.40 bits per heavy atom.